The van der Waals surface area contributed by atoms with Gasteiger partial charge >= 0.3 is 0 Å². The Balaban J connectivity index is 1.83. The van der Waals surface area contributed by atoms with Crippen LogP contribution in [-0.4, -0.2) is 34.0 Å². The van der Waals surface area contributed by atoms with Crippen molar-refractivity contribution in [1.82, 2.24) is 9.72 Å². The van der Waals surface area contributed by atoms with E-state index >= 15 is 0 Å². The van der Waals surface area contributed by atoms with Crippen LogP contribution in [0.5, 0.6) is 0 Å². The zero-order valence-corrected chi connectivity index (χ0v) is 23.7. The first kappa shape index (κ1) is 27.2. The van der Waals surface area contributed by atoms with E-state index in [0.717, 1.165) is 62.6 Å². The lowest BCUT2D eigenvalue weighted by molar-refractivity contribution is 0.0552. The van der Waals surface area contributed by atoms with Crippen molar-refractivity contribution >= 4 is 27.7 Å². The largest absolute Gasteiger partial charge is 0.386 e. The van der Waals surface area contributed by atoms with E-state index in [0.29, 0.717) is 24.5 Å². The summed E-state index contributed by atoms with van der Waals surface area (Å²) < 4.78 is 27.8. The zero-order valence-electron chi connectivity index (χ0n) is 23.7. The van der Waals surface area contributed by atoms with Crippen molar-refractivity contribution in [1.29, 1.82) is 0 Å². The van der Waals surface area contributed by atoms with E-state index in [9.17, 15) is 14.3 Å². The van der Waals surface area contributed by atoms with Gasteiger partial charge in [0.2, 0.25) is 5.91 Å². The van der Waals surface area contributed by atoms with Gasteiger partial charge in [-0.25, -0.2) is 4.39 Å². The first-order valence-electron chi connectivity index (χ1n) is 14.0. The minimum atomic E-state index is -1.10. The molecule has 3 heterocycles. The van der Waals surface area contributed by atoms with Gasteiger partial charge in [0.1, 0.15) is 11.6 Å². The van der Waals surface area contributed by atoms with Gasteiger partial charge in [-0.3, -0.25) is 4.79 Å². The number of amides is 1. The molecule has 0 radical (unpaired) electrons. The highest BCUT2D eigenvalue weighted by molar-refractivity contribution is 6.21. The molecule has 8 heteroatoms. The molecule has 0 spiro atoms. The van der Waals surface area contributed by atoms with E-state index in [1.54, 1.807) is 19.9 Å². The molecule has 3 N–H and O–H groups in total. The number of primary amides is 1. The second-order valence-corrected chi connectivity index (χ2v) is 11.6. The number of halogens is 1. The summed E-state index contributed by atoms with van der Waals surface area (Å²) in [6.45, 7) is 8.52. The van der Waals surface area contributed by atoms with E-state index in [2.05, 4.69) is 9.72 Å². The molecular formula is C33H34FN3O4. The minimum Gasteiger partial charge on any atom is -0.386 e. The Morgan fingerprint density at radius 2 is 1.80 bits per heavy atom. The Bertz CT molecular complexity index is 1750. The third-order valence-corrected chi connectivity index (χ3v) is 8.42. The summed E-state index contributed by atoms with van der Waals surface area (Å²) in [5.74, 6) is -0.0173. The van der Waals surface area contributed by atoms with Crippen LogP contribution in [0.1, 0.15) is 65.7 Å². The van der Waals surface area contributed by atoms with Gasteiger partial charge in [-0.15, -0.1) is 0 Å². The lowest BCUT2D eigenvalue weighted by Gasteiger charge is -2.33. The molecule has 1 unspecified atom stereocenters. The fraction of sp³-hybridized carbons (Fsp3) is 0.333. The van der Waals surface area contributed by atoms with Gasteiger partial charge in [0.15, 0.2) is 0 Å². The van der Waals surface area contributed by atoms with Gasteiger partial charge in [-0.2, -0.15) is 0 Å². The first-order valence-corrected chi connectivity index (χ1v) is 14.0. The van der Waals surface area contributed by atoms with Crippen molar-refractivity contribution in [3.8, 4) is 11.1 Å². The summed E-state index contributed by atoms with van der Waals surface area (Å²) in [7, 11) is 0. The molecule has 5 aromatic rings. The van der Waals surface area contributed by atoms with Crippen LogP contribution in [0.3, 0.4) is 0 Å². The Morgan fingerprint density at radius 3 is 2.41 bits per heavy atom. The van der Waals surface area contributed by atoms with E-state index in [4.69, 9.17) is 15.0 Å². The average molecular weight is 556 g/mol. The number of ether oxygens (including phenoxy) is 1. The minimum absolute atomic E-state index is 0.161. The van der Waals surface area contributed by atoms with E-state index in [1.165, 1.54) is 12.1 Å². The van der Waals surface area contributed by atoms with Crippen LogP contribution in [0.15, 0.2) is 59.1 Å². The summed E-state index contributed by atoms with van der Waals surface area (Å²) in [5, 5.41) is 16.8. The SMILES string of the molecule is Cc1noc(C)c1-c1ccc(C(N)=O)c2c3ccc(C(C)(C)O)cc3n(C(c3ccc(F)cc3)C3CCOCC3)c12. The summed E-state index contributed by atoms with van der Waals surface area (Å²) >= 11 is 0. The second-order valence-electron chi connectivity index (χ2n) is 11.6. The van der Waals surface area contributed by atoms with Gasteiger partial charge in [-0.1, -0.05) is 35.5 Å². The van der Waals surface area contributed by atoms with Crippen LogP contribution >= 0.6 is 0 Å². The van der Waals surface area contributed by atoms with Crippen molar-refractivity contribution in [2.24, 2.45) is 11.7 Å². The summed E-state index contributed by atoms with van der Waals surface area (Å²) in [5.41, 5.74) is 11.1. The second kappa shape index (κ2) is 10.1. The summed E-state index contributed by atoms with van der Waals surface area (Å²) in [4.78, 5) is 12.9. The molecule has 0 saturated carbocycles. The highest BCUT2D eigenvalue weighted by Gasteiger charge is 2.33. The van der Waals surface area contributed by atoms with E-state index in [1.807, 2.05) is 50.2 Å². The molecule has 2 aromatic heterocycles. The van der Waals surface area contributed by atoms with Gasteiger partial charge in [-0.05, 0) is 81.8 Å². The lowest BCUT2D eigenvalue weighted by Crippen LogP contribution is -2.27. The van der Waals surface area contributed by atoms with Crippen LogP contribution < -0.4 is 5.73 Å². The molecule has 0 bridgehead atoms. The van der Waals surface area contributed by atoms with Crippen molar-refractivity contribution in [2.45, 2.75) is 52.2 Å². The molecule has 1 atom stereocenters. The average Bonchev–Trinajstić information content (AvgIpc) is 3.46. The van der Waals surface area contributed by atoms with Crippen LogP contribution in [0.2, 0.25) is 0 Å². The van der Waals surface area contributed by atoms with Crippen LogP contribution in [-0.2, 0) is 10.3 Å². The molecule has 1 aliphatic heterocycles. The molecule has 1 amide bonds. The highest BCUT2D eigenvalue weighted by Crippen LogP contribution is 2.46. The Morgan fingerprint density at radius 1 is 1.10 bits per heavy atom. The maximum atomic E-state index is 14.2. The number of nitrogens with two attached hydrogens (primary N) is 1. The summed E-state index contributed by atoms with van der Waals surface area (Å²) in [6, 6.07) is 15.9. The highest BCUT2D eigenvalue weighted by atomic mass is 19.1. The van der Waals surface area contributed by atoms with Crippen molar-refractivity contribution in [3.05, 3.63) is 88.6 Å². The number of fused-ring (bicyclic) bond motifs is 3. The number of hydrogen-bond acceptors (Lipinski definition) is 5. The first-order chi connectivity index (χ1) is 19.6. The van der Waals surface area contributed by atoms with Crippen molar-refractivity contribution in [3.63, 3.8) is 0 Å². The van der Waals surface area contributed by atoms with Gasteiger partial charge in [0, 0.05) is 40.7 Å². The number of carbonyl (C=O) groups is 1. The van der Waals surface area contributed by atoms with E-state index < -0.39 is 11.5 Å². The normalized spacial score (nSPS) is 15.6. The maximum absolute atomic E-state index is 14.2. The fourth-order valence-electron chi connectivity index (χ4n) is 6.44. The smallest absolute Gasteiger partial charge is 0.249 e. The predicted octanol–water partition coefficient (Wildman–Crippen LogP) is 6.55. The predicted molar refractivity (Wildman–Crippen MR) is 156 cm³/mol. The maximum Gasteiger partial charge on any atom is 0.249 e. The van der Waals surface area contributed by atoms with Gasteiger partial charge in [0.05, 0.1) is 28.4 Å². The topological polar surface area (TPSA) is 104 Å². The monoisotopic (exact) mass is 555 g/mol. The Labute approximate surface area is 237 Å². The fourth-order valence-corrected chi connectivity index (χ4v) is 6.44. The van der Waals surface area contributed by atoms with Crippen molar-refractivity contribution in [2.75, 3.05) is 13.2 Å². The Hall–Kier alpha value is -4.01. The number of aromatic nitrogens is 2. The van der Waals surface area contributed by atoms with Crippen molar-refractivity contribution < 1.29 is 23.6 Å². The number of aliphatic hydroxyl groups is 1. The standard InChI is InChI=1S/C33H34FN3O4/c1-18-28(19(2)41-36-18)25-11-12-26(32(35)38)29-24-10-7-22(33(3,4)39)17-27(24)37(31(25)29)30(21-13-15-40-16-14-21)20-5-8-23(34)9-6-20/h5-12,17,21,30,39H,13-16H2,1-4H3,(H2,35,38). The lowest BCUT2D eigenvalue weighted by atomic mass is 9.86. The van der Waals surface area contributed by atoms with Crippen LogP contribution in [0.25, 0.3) is 32.9 Å². The molecule has 1 saturated heterocycles. The molecule has 212 valence electrons. The molecule has 7 nitrogen and oxygen atoms in total. The zero-order chi connectivity index (χ0) is 29.1. The van der Waals surface area contributed by atoms with E-state index in [-0.39, 0.29) is 17.8 Å². The molecule has 1 aliphatic rings. The van der Waals surface area contributed by atoms with Gasteiger partial charge < -0.3 is 24.7 Å². The molecule has 6 rings (SSSR count). The molecular weight excluding hydrogens is 521 g/mol. The van der Waals surface area contributed by atoms with Gasteiger partial charge in [0.25, 0.3) is 0 Å². The van der Waals surface area contributed by atoms with Crippen LogP contribution in [0.4, 0.5) is 4.39 Å². The number of nitrogens with zero attached hydrogens (tertiary/aromatic N) is 2. The third-order valence-electron chi connectivity index (χ3n) is 8.42. The molecule has 1 fully saturated rings. The number of carbonyl (C=O) groups excluding carboxylic acids is 1. The third kappa shape index (κ3) is 4.61. The molecule has 0 aliphatic carbocycles. The Kier molecular flexibility index (Phi) is 6.71. The quantitative estimate of drug-likeness (QED) is 0.247. The van der Waals surface area contributed by atoms with Crippen LogP contribution in [0, 0.1) is 25.6 Å². The molecule has 41 heavy (non-hydrogen) atoms. The molecule has 3 aromatic carbocycles. The number of aryl methyl sites for hydroxylation is 2. The number of benzene rings is 3. The number of hydrogen-bond donors (Lipinski definition) is 2. The number of rotatable bonds is 6. The summed E-state index contributed by atoms with van der Waals surface area (Å²) in [6.07, 6.45) is 1.62.